The minimum atomic E-state index is 0.338. The van der Waals surface area contributed by atoms with Gasteiger partial charge in [-0.05, 0) is 64.5 Å². The van der Waals surface area contributed by atoms with Crippen LogP contribution in [0.15, 0.2) is 34.1 Å². The Bertz CT molecular complexity index is 582. The Labute approximate surface area is 139 Å². The quantitative estimate of drug-likeness (QED) is 0.733. The van der Waals surface area contributed by atoms with Crippen LogP contribution < -0.4 is 10.1 Å². The molecule has 4 heteroatoms. The molecule has 1 aromatic heterocycles. The fraction of sp³-hybridized carbons (Fsp3) is 0.412. The first-order chi connectivity index (χ1) is 10.2. The molecule has 1 aromatic carbocycles. The molecule has 1 heterocycles. The number of ether oxygens (including phenoxy) is 1. The lowest BCUT2D eigenvalue weighted by molar-refractivity contribution is 0.411. The standard InChI is InChI=1S/C17H22BrNOS/c1-4-8-19-15(11-17-14(18)7-9-21-17)13-5-6-16(20-3)12(2)10-13/h5-7,9-10,15,19H,4,8,11H2,1-3H3. The first-order valence-corrected chi connectivity index (χ1v) is 8.92. The van der Waals surface area contributed by atoms with Gasteiger partial charge in [-0.1, -0.05) is 19.1 Å². The summed E-state index contributed by atoms with van der Waals surface area (Å²) in [7, 11) is 1.72. The molecule has 114 valence electrons. The first-order valence-electron chi connectivity index (χ1n) is 7.25. The minimum absolute atomic E-state index is 0.338. The zero-order valence-corrected chi connectivity index (χ0v) is 15.2. The molecule has 0 amide bonds. The van der Waals surface area contributed by atoms with Crippen LogP contribution in [0.1, 0.15) is 35.4 Å². The average Bonchev–Trinajstić information content (AvgIpc) is 2.88. The number of methoxy groups -OCH3 is 1. The molecule has 0 bridgehead atoms. The summed E-state index contributed by atoms with van der Waals surface area (Å²) in [5.41, 5.74) is 2.51. The minimum Gasteiger partial charge on any atom is -0.496 e. The van der Waals surface area contributed by atoms with E-state index in [1.807, 2.05) is 0 Å². The van der Waals surface area contributed by atoms with Crippen LogP contribution in [0.2, 0.25) is 0 Å². The SMILES string of the molecule is CCCNC(Cc1sccc1Br)c1ccc(OC)c(C)c1. The van der Waals surface area contributed by atoms with E-state index in [2.05, 4.69) is 64.7 Å². The number of hydrogen-bond donors (Lipinski definition) is 1. The Morgan fingerprint density at radius 2 is 2.14 bits per heavy atom. The van der Waals surface area contributed by atoms with Crippen LogP contribution in [0.3, 0.4) is 0 Å². The molecule has 2 rings (SSSR count). The summed E-state index contributed by atoms with van der Waals surface area (Å²) in [4.78, 5) is 1.39. The van der Waals surface area contributed by atoms with E-state index in [0.717, 1.165) is 25.1 Å². The molecule has 1 N–H and O–H groups in total. The lowest BCUT2D eigenvalue weighted by Gasteiger charge is -2.20. The predicted octanol–water partition coefficient (Wildman–Crippen LogP) is 5.11. The van der Waals surface area contributed by atoms with Crippen LogP contribution in [0.25, 0.3) is 0 Å². The third kappa shape index (κ3) is 4.31. The molecular weight excluding hydrogens is 346 g/mol. The largest absolute Gasteiger partial charge is 0.496 e. The molecule has 1 atom stereocenters. The summed E-state index contributed by atoms with van der Waals surface area (Å²) in [6.07, 6.45) is 2.14. The molecule has 0 saturated carbocycles. The third-order valence-corrected chi connectivity index (χ3v) is 5.49. The van der Waals surface area contributed by atoms with Crippen molar-refractivity contribution in [2.24, 2.45) is 0 Å². The van der Waals surface area contributed by atoms with Crippen LogP contribution in [-0.4, -0.2) is 13.7 Å². The van der Waals surface area contributed by atoms with Gasteiger partial charge in [-0.2, -0.15) is 0 Å². The highest BCUT2D eigenvalue weighted by Gasteiger charge is 2.15. The van der Waals surface area contributed by atoms with Crippen LogP contribution in [0, 0.1) is 6.92 Å². The number of aryl methyl sites for hydroxylation is 1. The maximum atomic E-state index is 5.36. The molecule has 2 aromatic rings. The van der Waals surface area contributed by atoms with Crippen molar-refractivity contribution >= 4 is 27.3 Å². The van der Waals surface area contributed by atoms with Gasteiger partial charge in [0.2, 0.25) is 0 Å². The molecule has 0 aliphatic carbocycles. The molecule has 0 fully saturated rings. The van der Waals surface area contributed by atoms with E-state index in [-0.39, 0.29) is 0 Å². The summed E-state index contributed by atoms with van der Waals surface area (Å²) in [6, 6.07) is 8.92. The van der Waals surface area contributed by atoms with Crippen molar-refractivity contribution in [2.75, 3.05) is 13.7 Å². The van der Waals surface area contributed by atoms with Gasteiger partial charge in [-0.25, -0.2) is 0 Å². The van der Waals surface area contributed by atoms with Crippen LogP contribution in [0.4, 0.5) is 0 Å². The fourth-order valence-electron chi connectivity index (χ4n) is 2.40. The lowest BCUT2D eigenvalue weighted by Crippen LogP contribution is -2.24. The number of nitrogens with one attached hydrogen (secondary N) is 1. The van der Waals surface area contributed by atoms with Gasteiger partial charge in [-0.3, -0.25) is 0 Å². The van der Waals surface area contributed by atoms with E-state index >= 15 is 0 Å². The van der Waals surface area contributed by atoms with E-state index in [0.29, 0.717) is 6.04 Å². The van der Waals surface area contributed by atoms with Crippen LogP contribution in [0.5, 0.6) is 5.75 Å². The second-order valence-electron chi connectivity index (χ2n) is 5.13. The zero-order chi connectivity index (χ0) is 15.2. The van der Waals surface area contributed by atoms with Gasteiger partial charge in [0.15, 0.2) is 0 Å². The maximum Gasteiger partial charge on any atom is 0.121 e. The van der Waals surface area contributed by atoms with Gasteiger partial charge < -0.3 is 10.1 Å². The summed E-state index contributed by atoms with van der Waals surface area (Å²) in [6.45, 7) is 5.32. The highest BCUT2D eigenvalue weighted by atomic mass is 79.9. The number of thiophene rings is 1. The van der Waals surface area contributed by atoms with Crippen molar-refractivity contribution in [3.05, 3.63) is 50.1 Å². The molecule has 21 heavy (non-hydrogen) atoms. The molecule has 2 nitrogen and oxygen atoms in total. The Kier molecular flexibility index (Phi) is 6.27. The van der Waals surface area contributed by atoms with Crippen molar-refractivity contribution in [3.8, 4) is 5.75 Å². The Morgan fingerprint density at radius 3 is 2.71 bits per heavy atom. The van der Waals surface area contributed by atoms with Crippen LogP contribution in [-0.2, 0) is 6.42 Å². The van der Waals surface area contributed by atoms with E-state index in [4.69, 9.17) is 4.74 Å². The van der Waals surface area contributed by atoms with Gasteiger partial charge in [0, 0.05) is 21.8 Å². The maximum absolute atomic E-state index is 5.36. The van der Waals surface area contributed by atoms with Gasteiger partial charge in [0.05, 0.1) is 7.11 Å². The highest BCUT2D eigenvalue weighted by Crippen LogP contribution is 2.30. The van der Waals surface area contributed by atoms with E-state index in [1.165, 1.54) is 20.5 Å². The number of hydrogen-bond acceptors (Lipinski definition) is 3. The Balaban J connectivity index is 2.22. The molecule has 0 radical (unpaired) electrons. The predicted molar refractivity (Wildman–Crippen MR) is 94.5 cm³/mol. The number of benzene rings is 1. The van der Waals surface area contributed by atoms with E-state index < -0.39 is 0 Å². The van der Waals surface area contributed by atoms with Gasteiger partial charge in [0.1, 0.15) is 5.75 Å². The summed E-state index contributed by atoms with van der Waals surface area (Å²) in [5.74, 6) is 0.949. The lowest BCUT2D eigenvalue weighted by atomic mass is 10.00. The third-order valence-electron chi connectivity index (χ3n) is 3.54. The summed E-state index contributed by atoms with van der Waals surface area (Å²) < 4.78 is 6.57. The Morgan fingerprint density at radius 1 is 1.33 bits per heavy atom. The van der Waals surface area contributed by atoms with Gasteiger partial charge in [0.25, 0.3) is 0 Å². The number of rotatable bonds is 7. The Hall–Kier alpha value is -0.840. The first kappa shape index (κ1) is 16.5. The molecule has 0 spiro atoms. The fourth-order valence-corrected chi connectivity index (χ4v) is 3.96. The molecule has 0 saturated heterocycles. The summed E-state index contributed by atoms with van der Waals surface area (Å²) in [5, 5.41) is 5.80. The van der Waals surface area contributed by atoms with Crippen molar-refractivity contribution in [1.82, 2.24) is 5.32 Å². The van der Waals surface area contributed by atoms with Crippen molar-refractivity contribution < 1.29 is 4.74 Å². The van der Waals surface area contributed by atoms with Gasteiger partial charge in [-0.15, -0.1) is 11.3 Å². The van der Waals surface area contributed by atoms with Gasteiger partial charge >= 0.3 is 0 Å². The van der Waals surface area contributed by atoms with Crippen molar-refractivity contribution in [1.29, 1.82) is 0 Å². The van der Waals surface area contributed by atoms with Crippen molar-refractivity contribution in [2.45, 2.75) is 32.7 Å². The molecular formula is C17H22BrNOS. The zero-order valence-electron chi connectivity index (χ0n) is 12.8. The van der Waals surface area contributed by atoms with E-state index in [1.54, 1.807) is 18.4 Å². The molecule has 0 aliphatic rings. The average molecular weight is 368 g/mol. The smallest absolute Gasteiger partial charge is 0.121 e. The normalized spacial score (nSPS) is 12.4. The molecule has 0 aliphatic heterocycles. The second-order valence-corrected chi connectivity index (χ2v) is 6.99. The monoisotopic (exact) mass is 367 g/mol. The topological polar surface area (TPSA) is 21.3 Å². The van der Waals surface area contributed by atoms with E-state index in [9.17, 15) is 0 Å². The highest BCUT2D eigenvalue weighted by molar-refractivity contribution is 9.10. The number of halogens is 1. The summed E-state index contributed by atoms with van der Waals surface area (Å²) >= 11 is 5.44. The van der Waals surface area contributed by atoms with Crippen molar-refractivity contribution in [3.63, 3.8) is 0 Å². The molecule has 1 unspecified atom stereocenters. The van der Waals surface area contributed by atoms with Crippen LogP contribution >= 0.6 is 27.3 Å². The second kappa shape index (κ2) is 7.97.